The van der Waals surface area contributed by atoms with Crippen molar-refractivity contribution in [3.8, 4) is 17.4 Å². The molecule has 0 fully saturated rings. The van der Waals surface area contributed by atoms with Gasteiger partial charge in [-0.15, -0.1) is 0 Å². The molecule has 0 saturated carbocycles. The molecule has 7 heteroatoms. The van der Waals surface area contributed by atoms with Crippen molar-refractivity contribution in [1.29, 1.82) is 0 Å². The number of carbonyl (C=O) groups is 1. The average molecular weight is 353 g/mol. The number of rotatable bonds is 7. The van der Waals surface area contributed by atoms with Crippen LogP contribution in [0.4, 0.5) is 0 Å². The molecule has 7 nitrogen and oxygen atoms in total. The normalized spacial score (nSPS) is 10.5. The van der Waals surface area contributed by atoms with Crippen molar-refractivity contribution in [3.63, 3.8) is 0 Å². The molecule has 0 amide bonds. The number of aromatic nitrogens is 3. The molecule has 0 radical (unpaired) electrons. The monoisotopic (exact) mass is 353 g/mol. The molecular formula is C19H19N3O4. The third kappa shape index (κ3) is 3.83. The van der Waals surface area contributed by atoms with E-state index in [2.05, 4.69) is 10.1 Å². The van der Waals surface area contributed by atoms with Gasteiger partial charge < -0.3 is 14.6 Å². The van der Waals surface area contributed by atoms with Gasteiger partial charge in [0, 0.05) is 17.8 Å². The van der Waals surface area contributed by atoms with Crippen LogP contribution in [-0.4, -0.2) is 32.4 Å². The first-order valence-electron chi connectivity index (χ1n) is 8.17. The molecule has 3 rings (SSSR count). The number of aryl methyl sites for hydroxylation is 1. The van der Waals surface area contributed by atoms with Gasteiger partial charge in [-0.3, -0.25) is 0 Å². The Morgan fingerprint density at radius 2 is 2.00 bits per heavy atom. The molecular weight excluding hydrogens is 334 g/mol. The first-order valence-corrected chi connectivity index (χ1v) is 8.17. The maximum absolute atomic E-state index is 11.1. The molecule has 2 heterocycles. The second-order valence-corrected chi connectivity index (χ2v) is 5.62. The maximum Gasteiger partial charge on any atom is 0.335 e. The molecule has 0 aliphatic rings. The summed E-state index contributed by atoms with van der Waals surface area (Å²) in [5.74, 6) is 0.593. The van der Waals surface area contributed by atoms with Gasteiger partial charge >= 0.3 is 5.97 Å². The zero-order valence-corrected chi connectivity index (χ0v) is 14.5. The van der Waals surface area contributed by atoms with Gasteiger partial charge in [-0.25, -0.2) is 9.78 Å². The fraction of sp³-hybridized carbons (Fsp3) is 0.211. The van der Waals surface area contributed by atoms with Crippen molar-refractivity contribution in [2.45, 2.75) is 20.5 Å². The minimum Gasteiger partial charge on any atom is -0.493 e. The Kier molecular flexibility index (Phi) is 5.17. The lowest BCUT2D eigenvalue weighted by atomic mass is 10.1. The van der Waals surface area contributed by atoms with Gasteiger partial charge in [-0.1, -0.05) is 12.1 Å². The smallest absolute Gasteiger partial charge is 0.335 e. The van der Waals surface area contributed by atoms with E-state index in [0.717, 1.165) is 16.9 Å². The molecule has 0 aliphatic heterocycles. The summed E-state index contributed by atoms with van der Waals surface area (Å²) < 4.78 is 13.0. The summed E-state index contributed by atoms with van der Waals surface area (Å²) in [4.78, 5) is 15.3. The van der Waals surface area contributed by atoms with Crippen molar-refractivity contribution in [2.24, 2.45) is 0 Å². The van der Waals surface area contributed by atoms with Gasteiger partial charge in [-0.2, -0.15) is 9.78 Å². The van der Waals surface area contributed by atoms with E-state index in [0.29, 0.717) is 24.9 Å². The van der Waals surface area contributed by atoms with Crippen molar-refractivity contribution in [2.75, 3.05) is 6.61 Å². The molecule has 1 aromatic carbocycles. The van der Waals surface area contributed by atoms with Crippen LogP contribution in [0.2, 0.25) is 0 Å². The SMILES string of the molecule is CCOc1cc(C)ccc1COc1ccnn1-c1cc(C(=O)O)ccn1. The predicted octanol–water partition coefficient (Wildman–Crippen LogP) is 3.25. The van der Waals surface area contributed by atoms with Crippen LogP contribution < -0.4 is 9.47 Å². The number of benzene rings is 1. The number of hydrogen-bond donors (Lipinski definition) is 1. The molecule has 26 heavy (non-hydrogen) atoms. The van der Waals surface area contributed by atoms with E-state index in [-0.39, 0.29) is 5.56 Å². The minimum atomic E-state index is -1.02. The Labute approximate surface area is 150 Å². The van der Waals surface area contributed by atoms with Crippen molar-refractivity contribution >= 4 is 5.97 Å². The number of hydrogen-bond acceptors (Lipinski definition) is 5. The van der Waals surface area contributed by atoms with Crippen molar-refractivity contribution < 1.29 is 19.4 Å². The summed E-state index contributed by atoms with van der Waals surface area (Å²) in [6, 6.07) is 10.5. The fourth-order valence-electron chi connectivity index (χ4n) is 2.46. The Balaban J connectivity index is 1.82. The number of carboxylic acid groups (broad SMARTS) is 1. The number of pyridine rings is 1. The molecule has 0 bridgehead atoms. The van der Waals surface area contributed by atoms with Crippen molar-refractivity contribution in [3.05, 3.63) is 65.5 Å². The number of nitrogens with zero attached hydrogens (tertiary/aromatic N) is 3. The standard InChI is InChI=1S/C19H19N3O4/c1-3-25-16-10-13(2)4-5-15(16)12-26-18-7-9-21-22(18)17-11-14(19(23)24)6-8-20-17/h4-11H,3,12H2,1-2H3,(H,23,24). The lowest BCUT2D eigenvalue weighted by Gasteiger charge is -2.13. The summed E-state index contributed by atoms with van der Waals surface area (Å²) in [5.41, 5.74) is 2.16. The average Bonchev–Trinajstić information content (AvgIpc) is 3.10. The highest BCUT2D eigenvalue weighted by molar-refractivity contribution is 5.87. The van der Waals surface area contributed by atoms with Gasteiger partial charge in [0.1, 0.15) is 12.4 Å². The molecule has 0 unspecified atom stereocenters. The predicted molar refractivity (Wildman–Crippen MR) is 95.0 cm³/mol. The van der Waals surface area contributed by atoms with Crippen LogP contribution in [0.5, 0.6) is 11.6 Å². The van der Waals surface area contributed by atoms with E-state index in [1.54, 1.807) is 12.3 Å². The molecule has 0 saturated heterocycles. The second-order valence-electron chi connectivity index (χ2n) is 5.62. The molecule has 2 aromatic heterocycles. The van der Waals surface area contributed by atoms with Crippen LogP contribution in [0.15, 0.2) is 48.8 Å². The number of aromatic carboxylic acids is 1. The molecule has 0 aliphatic carbocycles. The zero-order chi connectivity index (χ0) is 18.5. The first-order chi connectivity index (χ1) is 12.6. The molecule has 0 atom stereocenters. The lowest BCUT2D eigenvalue weighted by molar-refractivity contribution is 0.0696. The number of carboxylic acids is 1. The number of ether oxygens (including phenoxy) is 2. The summed E-state index contributed by atoms with van der Waals surface area (Å²) in [5, 5.41) is 13.3. The zero-order valence-electron chi connectivity index (χ0n) is 14.5. The molecule has 134 valence electrons. The Morgan fingerprint density at radius 3 is 2.77 bits per heavy atom. The summed E-state index contributed by atoms with van der Waals surface area (Å²) in [7, 11) is 0. The molecule has 0 spiro atoms. The van der Waals surface area contributed by atoms with E-state index in [4.69, 9.17) is 14.6 Å². The van der Waals surface area contributed by atoms with Gasteiger partial charge in [-0.05, 0) is 37.6 Å². The van der Waals surface area contributed by atoms with Crippen LogP contribution in [0.25, 0.3) is 5.82 Å². The van der Waals surface area contributed by atoms with Crippen LogP contribution >= 0.6 is 0 Å². The summed E-state index contributed by atoms with van der Waals surface area (Å²) >= 11 is 0. The van der Waals surface area contributed by atoms with Gasteiger partial charge in [0.15, 0.2) is 5.82 Å². The van der Waals surface area contributed by atoms with Crippen LogP contribution in [0, 0.1) is 6.92 Å². The Hall–Kier alpha value is -3.35. The van der Waals surface area contributed by atoms with E-state index in [1.807, 2.05) is 32.0 Å². The van der Waals surface area contributed by atoms with Crippen molar-refractivity contribution in [1.82, 2.24) is 14.8 Å². The fourth-order valence-corrected chi connectivity index (χ4v) is 2.46. The quantitative estimate of drug-likeness (QED) is 0.702. The maximum atomic E-state index is 11.1. The highest BCUT2D eigenvalue weighted by Gasteiger charge is 2.12. The van der Waals surface area contributed by atoms with Gasteiger partial charge in [0.05, 0.1) is 18.4 Å². The summed E-state index contributed by atoms with van der Waals surface area (Å²) in [6.07, 6.45) is 3.00. The van der Waals surface area contributed by atoms with E-state index >= 15 is 0 Å². The van der Waals surface area contributed by atoms with Crippen LogP contribution in [-0.2, 0) is 6.61 Å². The van der Waals surface area contributed by atoms with E-state index in [9.17, 15) is 4.79 Å². The molecule has 3 aromatic rings. The third-order valence-corrected chi connectivity index (χ3v) is 3.72. The van der Waals surface area contributed by atoms with Gasteiger partial charge in [0.2, 0.25) is 5.88 Å². The topological polar surface area (TPSA) is 86.5 Å². The van der Waals surface area contributed by atoms with Gasteiger partial charge in [0.25, 0.3) is 0 Å². The second kappa shape index (κ2) is 7.69. The van der Waals surface area contributed by atoms with Crippen LogP contribution in [0.3, 0.4) is 0 Å². The Bertz CT molecular complexity index is 921. The highest BCUT2D eigenvalue weighted by Crippen LogP contribution is 2.23. The minimum absolute atomic E-state index is 0.133. The molecule has 1 N–H and O–H groups in total. The van der Waals surface area contributed by atoms with Crippen LogP contribution in [0.1, 0.15) is 28.4 Å². The lowest BCUT2D eigenvalue weighted by Crippen LogP contribution is -2.07. The first kappa shape index (κ1) is 17.5. The largest absolute Gasteiger partial charge is 0.493 e. The highest BCUT2D eigenvalue weighted by atomic mass is 16.5. The van der Waals surface area contributed by atoms with E-state index in [1.165, 1.54) is 23.0 Å². The Morgan fingerprint density at radius 1 is 1.15 bits per heavy atom. The van der Waals surface area contributed by atoms with E-state index < -0.39 is 5.97 Å². The summed E-state index contributed by atoms with van der Waals surface area (Å²) in [6.45, 7) is 4.80. The third-order valence-electron chi connectivity index (χ3n) is 3.72.